The van der Waals surface area contributed by atoms with Gasteiger partial charge in [0.2, 0.25) is 0 Å². The van der Waals surface area contributed by atoms with Crippen molar-refractivity contribution in [3.05, 3.63) is 46.7 Å². The maximum Gasteiger partial charge on any atom is 0.131 e. The van der Waals surface area contributed by atoms with Crippen LogP contribution in [0.5, 0.6) is 0 Å². The molecule has 1 aromatic heterocycles. The van der Waals surface area contributed by atoms with Crippen molar-refractivity contribution in [2.45, 2.75) is 18.9 Å². The number of anilines is 2. The van der Waals surface area contributed by atoms with Crippen LogP contribution >= 0.6 is 11.6 Å². The van der Waals surface area contributed by atoms with E-state index in [4.69, 9.17) is 17.3 Å². The SMILES string of the molecule is Nc1cc(N[C@H]2CCc3c(Cl)cccc32)ncn1. The van der Waals surface area contributed by atoms with Gasteiger partial charge in [0.15, 0.2) is 0 Å². The predicted octanol–water partition coefficient (Wildman–Crippen LogP) is 2.81. The molecular weight excluding hydrogens is 248 g/mol. The highest BCUT2D eigenvalue weighted by molar-refractivity contribution is 6.31. The van der Waals surface area contributed by atoms with E-state index in [-0.39, 0.29) is 6.04 Å². The second-order valence-corrected chi connectivity index (χ2v) is 4.78. The summed E-state index contributed by atoms with van der Waals surface area (Å²) in [5, 5.41) is 4.22. The van der Waals surface area contributed by atoms with Crippen LogP contribution in [-0.4, -0.2) is 9.97 Å². The summed E-state index contributed by atoms with van der Waals surface area (Å²) in [6.07, 6.45) is 3.47. The van der Waals surface area contributed by atoms with Gasteiger partial charge in [0.1, 0.15) is 18.0 Å². The number of hydrogen-bond donors (Lipinski definition) is 2. The molecule has 1 aliphatic rings. The van der Waals surface area contributed by atoms with Gasteiger partial charge >= 0.3 is 0 Å². The van der Waals surface area contributed by atoms with Gasteiger partial charge in [-0.25, -0.2) is 9.97 Å². The molecule has 0 aliphatic heterocycles. The van der Waals surface area contributed by atoms with Gasteiger partial charge in [-0.15, -0.1) is 0 Å². The van der Waals surface area contributed by atoms with Crippen LogP contribution in [0.4, 0.5) is 11.6 Å². The average Bonchev–Trinajstić information content (AvgIpc) is 2.74. The Labute approximate surface area is 110 Å². The number of aromatic nitrogens is 2. The van der Waals surface area contributed by atoms with Crippen molar-refractivity contribution in [2.75, 3.05) is 11.1 Å². The molecule has 0 radical (unpaired) electrons. The third-order valence-electron chi connectivity index (χ3n) is 3.22. The first-order valence-corrected chi connectivity index (χ1v) is 6.23. The molecule has 1 heterocycles. The Hall–Kier alpha value is -1.81. The van der Waals surface area contributed by atoms with Gasteiger partial charge in [-0.2, -0.15) is 0 Å². The molecule has 1 aliphatic carbocycles. The number of rotatable bonds is 2. The molecule has 0 unspecified atom stereocenters. The van der Waals surface area contributed by atoms with E-state index in [1.54, 1.807) is 6.07 Å². The third-order valence-corrected chi connectivity index (χ3v) is 3.58. The van der Waals surface area contributed by atoms with Crippen LogP contribution in [0.1, 0.15) is 23.6 Å². The van der Waals surface area contributed by atoms with Crippen LogP contribution in [0.2, 0.25) is 5.02 Å². The van der Waals surface area contributed by atoms with E-state index in [9.17, 15) is 0 Å². The van der Waals surface area contributed by atoms with E-state index in [1.165, 1.54) is 17.5 Å². The molecule has 18 heavy (non-hydrogen) atoms. The topological polar surface area (TPSA) is 63.8 Å². The van der Waals surface area contributed by atoms with Gasteiger partial charge in [0.25, 0.3) is 0 Å². The lowest BCUT2D eigenvalue weighted by Crippen LogP contribution is -2.09. The van der Waals surface area contributed by atoms with Gasteiger partial charge in [-0.1, -0.05) is 23.7 Å². The highest BCUT2D eigenvalue weighted by Gasteiger charge is 2.24. The molecule has 3 rings (SSSR count). The van der Waals surface area contributed by atoms with E-state index in [2.05, 4.69) is 21.4 Å². The first-order valence-electron chi connectivity index (χ1n) is 5.85. The molecular formula is C13H13ClN4. The predicted molar refractivity (Wildman–Crippen MR) is 72.6 cm³/mol. The minimum Gasteiger partial charge on any atom is -0.384 e. The minimum absolute atomic E-state index is 0.244. The third kappa shape index (κ3) is 1.99. The standard InChI is InChI=1S/C13H13ClN4/c14-10-3-1-2-9-8(10)4-5-11(9)18-13-6-12(15)16-7-17-13/h1-3,6-7,11H,4-5H2,(H3,15,16,17,18)/t11-/m0/s1. The lowest BCUT2D eigenvalue weighted by atomic mass is 10.1. The number of nitrogens with zero attached hydrogens (tertiary/aromatic N) is 2. The van der Waals surface area contributed by atoms with E-state index < -0.39 is 0 Å². The monoisotopic (exact) mass is 260 g/mol. The first-order chi connectivity index (χ1) is 8.74. The quantitative estimate of drug-likeness (QED) is 0.872. The summed E-state index contributed by atoms with van der Waals surface area (Å²) in [7, 11) is 0. The van der Waals surface area contributed by atoms with Crippen molar-refractivity contribution >= 4 is 23.2 Å². The lowest BCUT2D eigenvalue weighted by molar-refractivity contribution is 0.756. The smallest absolute Gasteiger partial charge is 0.131 e. The zero-order valence-corrected chi connectivity index (χ0v) is 10.5. The second-order valence-electron chi connectivity index (χ2n) is 4.37. The van der Waals surface area contributed by atoms with Crippen molar-refractivity contribution in [2.24, 2.45) is 0 Å². The molecule has 0 spiro atoms. The van der Waals surface area contributed by atoms with E-state index in [0.29, 0.717) is 5.82 Å². The molecule has 3 N–H and O–H groups in total. The fourth-order valence-electron chi connectivity index (χ4n) is 2.39. The normalized spacial score (nSPS) is 17.5. The highest BCUT2D eigenvalue weighted by Crippen LogP contribution is 2.37. The van der Waals surface area contributed by atoms with E-state index >= 15 is 0 Å². The van der Waals surface area contributed by atoms with Crippen molar-refractivity contribution in [3.8, 4) is 0 Å². The summed E-state index contributed by atoms with van der Waals surface area (Å²) in [5.41, 5.74) is 8.12. The zero-order chi connectivity index (χ0) is 12.5. The number of nitrogen functional groups attached to an aromatic ring is 1. The fourth-order valence-corrected chi connectivity index (χ4v) is 2.67. The van der Waals surface area contributed by atoms with Crippen molar-refractivity contribution < 1.29 is 0 Å². The Morgan fingerprint density at radius 2 is 2.22 bits per heavy atom. The average molecular weight is 261 g/mol. The Morgan fingerprint density at radius 1 is 1.33 bits per heavy atom. The maximum absolute atomic E-state index is 6.19. The summed E-state index contributed by atoms with van der Waals surface area (Å²) in [4.78, 5) is 8.04. The van der Waals surface area contributed by atoms with Crippen molar-refractivity contribution in [1.82, 2.24) is 9.97 Å². The molecule has 2 aromatic rings. The Balaban J connectivity index is 1.87. The summed E-state index contributed by atoms with van der Waals surface area (Å²) < 4.78 is 0. The van der Waals surface area contributed by atoms with E-state index in [1.807, 2.05) is 12.1 Å². The van der Waals surface area contributed by atoms with Crippen molar-refractivity contribution in [3.63, 3.8) is 0 Å². The number of nitrogens with two attached hydrogens (primary N) is 1. The summed E-state index contributed by atoms with van der Waals surface area (Å²) in [6, 6.07) is 8.01. The molecule has 0 saturated heterocycles. The van der Waals surface area contributed by atoms with Gasteiger partial charge in [0, 0.05) is 11.1 Å². The lowest BCUT2D eigenvalue weighted by Gasteiger charge is -2.14. The van der Waals surface area contributed by atoms with Gasteiger partial charge < -0.3 is 11.1 Å². The molecule has 4 nitrogen and oxygen atoms in total. The highest BCUT2D eigenvalue weighted by atomic mass is 35.5. The van der Waals surface area contributed by atoms with E-state index in [0.717, 1.165) is 23.7 Å². The number of fused-ring (bicyclic) bond motifs is 1. The zero-order valence-electron chi connectivity index (χ0n) is 9.73. The van der Waals surface area contributed by atoms with Crippen LogP contribution in [0.25, 0.3) is 0 Å². The Bertz CT molecular complexity index is 585. The summed E-state index contributed by atoms with van der Waals surface area (Å²) >= 11 is 6.19. The molecule has 0 amide bonds. The second kappa shape index (κ2) is 4.46. The van der Waals surface area contributed by atoms with Gasteiger partial charge in [-0.3, -0.25) is 0 Å². The number of halogens is 1. The molecule has 0 bridgehead atoms. The number of nitrogens with one attached hydrogen (secondary N) is 1. The van der Waals surface area contributed by atoms with Crippen LogP contribution in [0.3, 0.4) is 0 Å². The molecule has 0 fully saturated rings. The maximum atomic E-state index is 6.19. The fraction of sp³-hybridized carbons (Fsp3) is 0.231. The summed E-state index contributed by atoms with van der Waals surface area (Å²) in [5.74, 6) is 1.22. The molecule has 0 saturated carbocycles. The number of benzene rings is 1. The van der Waals surface area contributed by atoms with Gasteiger partial charge in [0.05, 0.1) is 6.04 Å². The number of hydrogen-bond acceptors (Lipinski definition) is 4. The minimum atomic E-state index is 0.244. The Morgan fingerprint density at radius 3 is 3.06 bits per heavy atom. The molecule has 1 aromatic carbocycles. The van der Waals surface area contributed by atoms with Crippen LogP contribution in [0.15, 0.2) is 30.6 Å². The molecule has 92 valence electrons. The Kier molecular flexibility index (Phi) is 2.80. The van der Waals surface area contributed by atoms with Crippen molar-refractivity contribution in [1.29, 1.82) is 0 Å². The molecule has 5 heteroatoms. The summed E-state index contributed by atoms with van der Waals surface area (Å²) in [6.45, 7) is 0. The van der Waals surface area contributed by atoms with Crippen LogP contribution in [-0.2, 0) is 6.42 Å². The van der Waals surface area contributed by atoms with Crippen LogP contribution in [0, 0.1) is 0 Å². The first kappa shape index (κ1) is 11.3. The molecule has 1 atom stereocenters. The van der Waals surface area contributed by atoms with Crippen LogP contribution < -0.4 is 11.1 Å². The van der Waals surface area contributed by atoms with Gasteiger partial charge in [-0.05, 0) is 30.0 Å². The largest absolute Gasteiger partial charge is 0.384 e.